The summed E-state index contributed by atoms with van der Waals surface area (Å²) in [6.45, 7) is 3.82. The molecule has 0 saturated heterocycles. The van der Waals surface area contributed by atoms with Gasteiger partial charge in [0, 0.05) is 11.3 Å². The first-order chi connectivity index (χ1) is 9.61. The van der Waals surface area contributed by atoms with E-state index in [0.29, 0.717) is 17.1 Å². The number of anilines is 1. The zero-order valence-electron chi connectivity index (χ0n) is 11.3. The first-order valence-electron chi connectivity index (χ1n) is 6.25. The number of nitrogens with one attached hydrogen (secondary N) is 1. The summed E-state index contributed by atoms with van der Waals surface area (Å²) in [7, 11) is 0. The van der Waals surface area contributed by atoms with Crippen molar-refractivity contribution >= 4 is 23.5 Å². The monoisotopic (exact) mass is 292 g/mol. The zero-order valence-corrected chi connectivity index (χ0v) is 12.2. The molecule has 2 aromatic rings. The molecule has 1 aromatic carbocycles. The van der Waals surface area contributed by atoms with Gasteiger partial charge in [-0.05, 0) is 18.2 Å². The fraction of sp³-hybridized carbons (Fsp3) is 0.286. The van der Waals surface area contributed by atoms with Crippen LogP contribution >= 0.6 is 11.8 Å². The molecule has 1 heterocycles. The van der Waals surface area contributed by atoms with Gasteiger partial charge in [-0.25, -0.2) is 4.79 Å². The van der Waals surface area contributed by atoms with Crippen LogP contribution < -0.4 is 5.32 Å². The van der Waals surface area contributed by atoms with E-state index in [2.05, 4.69) is 17.4 Å². The quantitative estimate of drug-likeness (QED) is 0.871. The third-order valence-electron chi connectivity index (χ3n) is 2.78. The topological polar surface area (TPSA) is 75.4 Å². The van der Waals surface area contributed by atoms with Crippen LogP contribution in [0.2, 0.25) is 0 Å². The molecule has 106 valence electrons. The van der Waals surface area contributed by atoms with E-state index in [4.69, 9.17) is 9.63 Å². The number of carboxylic acid groups (broad SMARTS) is 1. The molecule has 5 nitrogen and oxygen atoms in total. The van der Waals surface area contributed by atoms with Gasteiger partial charge >= 0.3 is 6.09 Å². The van der Waals surface area contributed by atoms with Crippen molar-refractivity contribution in [3.63, 3.8) is 0 Å². The van der Waals surface area contributed by atoms with Gasteiger partial charge in [-0.15, -0.1) is 0 Å². The van der Waals surface area contributed by atoms with Crippen molar-refractivity contribution in [3.05, 3.63) is 35.5 Å². The van der Waals surface area contributed by atoms with Crippen LogP contribution in [-0.4, -0.2) is 22.1 Å². The average molecular weight is 292 g/mol. The summed E-state index contributed by atoms with van der Waals surface area (Å²) >= 11 is 1.85. The van der Waals surface area contributed by atoms with Crippen LogP contribution in [-0.2, 0) is 5.75 Å². The van der Waals surface area contributed by atoms with Gasteiger partial charge < -0.3 is 9.63 Å². The van der Waals surface area contributed by atoms with Crippen LogP contribution in [0.15, 0.2) is 28.8 Å². The summed E-state index contributed by atoms with van der Waals surface area (Å²) in [5, 5.41) is 15.0. The van der Waals surface area contributed by atoms with E-state index in [1.807, 2.05) is 36.0 Å². The Balaban J connectivity index is 2.25. The summed E-state index contributed by atoms with van der Waals surface area (Å²) in [5.41, 5.74) is 2.95. The highest BCUT2D eigenvalue weighted by atomic mass is 32.2. The molecule has 1 aromatic heterocycles. The Kier molecular flexibility index (Phi) is 4.68. The van der Waals surface area contributed by atoms with Crippen molar-refractivity contribution in [3.8, 4) is 11.3 Å². The Morgan fingerprint density at radius 1 is 1.40 bits per heavy atom. The number of aromatic nitrogens is 1. The van der Waals surface area contributed by atoms with E-state index >= 15 is 0 Å². The maximum absolute atomic E-state index is 10.8. The third kappa shape index (κ3) is 3.33. The van der Waals surface area contributed by atoms with Crippen molar-refractivity contribution in [1.82, 2.24) is 5.16 Å². The first kappa shape index (κ1) is 14.5. The van der Waals surface area contributed by atoms with E-state index in [9.17, 15) is 4.79 Å². The lowest BCUT2D eigenvalue weighted by molar-refractivity contribution is 0.209. The number of carbonyl (C=O) groups is 1. The van der Waals surface area contributed by atoms with Crippen molar-refractivity contribution in [2.75, 3.05) is 11.1 Å². The Bertz CT molecular complexity index is 593. The van der Waals surface area contributed by atoms with E-state index in [1.165, 1.54) is 5.56 Å². The second-order valence-electron chi connectivity index (χ2n) is 4.24. The number of hydrogen-bond donors (Lipinski definition) is 2. The summed E-state index contributed by atoms with van der Waals surface area (Å²) in [5.74, 6) is 2.49. The number of nitrogens with zero attached hydrogens (tertiary/aromatic N) is 1. The van der Waals surface area contributed by atoms with Crippen LogP contribution in [0.5, 0.6) is 0 Å². The molecule has 0 aliphatic carbocycles. The van der Waals surface area contributed by atoms with Crippen LogP contribution in [0.3, 0.4) is 0 Å². The molecule has 0 atom stereocenters. The molecule has 0 radical (unpaired) electrons. The summed E-state index contributed by atoms with van der Waals surface area (Å²) in [6.07, 6.45) is -1.13. The highest BCUT2D eigenvalue weighted by molar-refractivity contribution is 7.98. The normalized spacial score (nSPS) is 10.5. The van der Waals surface area contributed by atoms with Crippen molar-refractivity contribution in [2.24, 2.45) is 0 Å². The minimum absolute atomic E-state index is 0.396. The highest BCUT2D eigenvalue weighted by Crippen LogP contribution is 2.31. The second kappa shape index (κ2) is 6.47. The fourth-order valence-electron chi connectivity index (χ4n) is 1.79. The molecule has 1 amide bonds. The van der Waals surface area contributed by atoms with Gasteiger partial charge in [0.25, 0.3) is 0 Å². The van der Waals surface area contributed by atoms with Crippen LogP contribution in [0.4, 0.5) is 10.5 Å². The molecular formula is C14H16N2O3S. The fourth-order valence-corrected chi connectivity index (χ4v) is 2.43. The van der Waals surface area contributed by atoms with Crippen LogP contribution in [0.1, 0.15) is 18.2 Å². The first-order valence-corrected chi connectivity index (χ1v) is 7.40. The minimum atomic E-state index is -1.13. The van der Waals surface area contributed by atoms with Gasteiger partial charge in [0.05, 0.1) is 0 Å². The number of benzene rings is 1. The van der Waals surface area contributed by atoms with Gasteiger partial charge in [0.1, 0.15) is 11.4 Å². The minimum Gasteiger partial charge on any atom is -0.465 e. The van der Waals surface area contributed by atoms with Crippen LogP contribution in [0.25, 0.3) is 11.3 Å². The molecule has 0 fully saturated rings. The molecule has 6 heteroatoms. The number of hydrogen-bond acceptors (Lipinski definition) is 4. The molecule has 0 aliphatic rings. The van der Waals surface area contributed by atoms with Crippen LogP contribution in [0, 0.1) is 6.92 Å². The number of thioether (sulfide) groups is 1. The SMILES string of the molecule is CCSCc1ccc(-c2onc(C)c2NC(=O)O)cc1. The van der Waals surface area contributed by atoms with E-state index in [1.54, 1.807) is 6.92 Å². The summed E-state index contributed by atoms with van der Waals surface area (Å²) in [6, 6.07) is 7.86. The molecule has 0 spiro atoms. The Morgan fingerprint density at radius 3 is 2.70 bits per heavy atom. The molecule has 20 heavy (non-hydrogen) atoms. The van der Waals surface area contributed by atoms with Crippen molar-refractivity contribution < 1.29 is 14.4 Å². The molecule has 0 unspecified atom stereocenters. The molecular weight excluding hydrogens is 276 g/mol. The van der Waals surface area contributed by atoms with E-state index in [-0.39, 0.29) is 0 Å². The van der Waals surface area contributed by atoms with Crippen molar-refractivity contribution in [1.29, 1.82) is 0 Å². The molecule has 0 aliphatic heterocycles. The van der Waals surface area contributed by atoms with E-state index in [0.717, 1.165) is 17.1 Å². The van der Waals surface area contributed by atoms with Gasteiger partial charge in [-0.2, -0.15) is 11.8 Å². The molecule has 0 saturated carbocycles. The standard InChI is InChI=1S/C14H16N2O3S/c1-3-20-8-10-4-6-11(7-5-10)13-12(15-14(17)18)9(2)16-19-13/h4-7,15H,3,8H2,1-2H3,(H,17,18). The predicted molar refractivity (Wildman–Crippen MR) is 80.2 cm³/mol. The maximum atomic E-state index is 10.8. The van der Waals surface area contributed by atoms with Gasteiger partial charge in [-0.1, -0.05) is 36.3 Å². The van der Waals surface area contributed by atoms with Gasteiger partial charge in [0.2, 0.25) is 0 Å². The lowest BCUT2D eigenvalue weighted by atomic mass is 10.1. The number of rotatable bonds is 5. The number of amides is 1. The summed E-state index contributed by atoms with van der Waals surface area (Å²) < 4.78 is 5.22. The Labute approximate surface area is 121 Å². The number of aryl methyl sites for hydroxylation is 1. The Morgan fingerprint density at radius 2 is 2.10 bits per heavy atom. The zero-order chi connectivity index (χ0) is 14.5. The average Bonchev–Trinajstić information content (AvgIpc) is 2.78. The molecule has 2 N–H and O–H groups in total. The molecule has 2 rings (SSSR count). The van der Waals surface area contributed by atoms with Gasteiger partial charge in [0.15, 0.2) is 5.76 Å². The lowest BCUT2D eigenvalue weighted by Crippen LogP contribution is -2.08. The highest BCUT2D eigenvalue weighted by Gasteiger charge is 2.16. The summed E-state index contributed by atoms with van der Waals surface area (Å²) in [4.78, 5) is 10.8. The second-order valence-corrected chi connectivity index (χ2v) is 5.51. The molecule has 0 bridgehead atoms. The smallest absolute Gasteiger partial charge is 0.409 e. The van der Waals surface area contributed by atoms with Crippen molar-refractivity contribution in [2.45, 2.75) is 19.6 Å². The lowest BCUT2D eigenvalue weighted by Gasteiger charge is -2.04. The van der Waals surface area contributed by atoms with Gasteiger partial charge in [-0.3, -0.25) is 5.32 Å². The Hall–Kier alpha value is -1.95. The predicted octanol–water partition coefficient (Wildman–Crippen LogP) is 3.99. The third-order valence-corrected chi connectivity index (χ3v) is 3.73. The maximum Gasteiger partial charge on any atom is 0.409 e. The largest absolute Gasteiger partial charge is 0.465 e. The van der Waals surface area contributed by atoms with E-state index < -0.39 is 6.09 Å².